The molecule has 6 nitrogen and oxygen atoms in total. The highest BCUT2D eigenvalue weighted by atomic mass is 16.3. The van der Waals surface area contributed by atoms with Crippen molar-refractivity contribution < 1.29 is 9.90 Å². The number of amides is 1. The van der Waals surface area contributed by atoms with E-state index in [4.69, 9.17) is 0 Å². The number of aliphatic hydroxyl groups excluding tert-OH is 1. The largest absolute Gasteiger partial charge is 0.391 e. The van der Waals surface area contributed by atoms with Crippen LogP contribution in [0.3, 0.4) is 0 Å². The molecule has 1 aliphatic carbocycles. The van der Waals surface area contributed by atoms with Gasteiger partial charge in [0.15, 0.2) is 5.82 Å². The van der Waals surface area contributed by atoms with Crippen molar-refractivity contribution in [2.45, 2.75) is 25.0 Å². The van der Waals surface area contributed by atoms with Crippen LogP contribution in [-0.2, 0) is 0 Å². The maximum Gasteiger partial charge on any atom is 0.257 e. The van der Waals surface area contributed by atoms with Crippen LogP contribution in [0.5, 0.6) is 0 Å². The topological polar surface area (TPSA) is 79.5 Å². The number of nitrogens with one attached hydrogen (secondary N) is 1. The number of carbonyl (C=O) groups is 1. The molecule has 2 rings (SSSR count). The molecule has 2 N–H and O–H groups in total. The smallest absolute Gasteiger partial charge is 0.257 e. The number of rotatable bonds is 4. The first kappa shape index (κ1) is 11.5. The van der Waals surface area contributed by atoms with E-state index < -0.39 is 6.10 Å². The maximum atomic E-state index is 11.9. The lowest BCUT2D eigenvalue weighted by atomic mass is 9.89. The van der Waals surface area contributed by atoms with Gasteiger partial charge in [0.1, 0.15) is 5.56 Å². The summed E-state index contributed by atoms with van der Waals surface area (Å²) < 4.78 is 1.37. The quantitative estimate of drug-likeness (QED) is 0.747. The number of aromatic nitrogens is 2. The third-order valence-electron chi connectivity index (χ3n) is 2.89. The van der Waals surface area contributed by atoms with Crippen LogP contribution in [0.4, 0.5) is 5.82 Å². The number of nitrogens with zero attached hydrogens (tertiary/aromatic N) is 3. The van der Waals surface area contributed by atoms with E-state index in [2.05, 4.69) is 28.7 Å². The Balaban J connectivity index is 2.16. The second kappa shape index (κ2) is 4.50. The van der Waals surface area contributed by atoms with Crippen LogP contribution in [-0.4, -0.2) is 39.7 Å². The van der Waals surface area contributed by atoms with Crippen molar-refractivity contribution in [1.29, 1.82) is 0 Å². The van der Waals surface area contributed by atoms with Crippen LogP contribution in [0, 0.1) is 0 Å². The molecule has 2 unspecified atom stereocenters. The number of hydrogen-bond acceptors (Lipinski definition) is 4. The molecule has 1 aromatic rings. The Morgan fingerprint density at radius 2 is 2.47 bits per heavy atom. The molecule has 0 saturated heterocycles. The monoisotopic (exact) mass is 234 g/mol. The minimum atomic E-state index is -0.450. The molecule has 17 heavy (non-hydrogen) atoms. The third kappa shape index (κ3) is 1.99. The van der Waals surface area contributed by atoms with Crippen molar-refractivity contribution in [3.63, 3.8) is 0 Å². The summed E-state index contributed by atoms with van der Waals surface area (Å²) in [6.07, 6.45) is 3.92. The highest BCUT2D eigenvalue weighted by Gasteiger charge is 2.31. The van der Waals surface area contributed by atoms with Gasteiger partial charge >= 0.3 is 0 Å². The van der Waals surface area contributed by atoms with Crippen LogP contribution in [0.1, 0.15) is 23.2 Å². The first-order chi connectivity index (χ1) is 8.17. The molecular formula is C11H14N4O2. The van der Waals surface area contributed by atoms with Gasteiger partial charge in [0.2, 0.25) is 0 Å². The van der Waals surface area contributed by atoms with Gasteiger partial charge < -0.3 is 10.4 Å². The molecule has 1 aromatic heterocycles. The Kier molecular flexibility index (Phi) is 3.06. The normalized spacial score (nSPS) is 22.6. The highest BCUT2D eigenvalue weighted by molar-refractivity contribution is 5.98. The summed E-state index contributed by atoms with van der Waals surface area (Å²) in [5.41, 5.74) is 0.332. The molecule has 0 aliphatic heterocycles. The van der Waals surface area contributed by atoms with E-state index in [1.54, 1.807) is 0 Å². The van der Waals surface area contributed by atoms with Crippen molar-refractivity contribution >= 4 is 24.6 Å². The lowest BCUT2D eigenvalue weighted by Crippen LogP contribution is -2.50. The van der Waals surface area contributed by atoms with Gasteiger partial charge in [0.05, 0.1) is 18.3 Å². The minimum absolute atomic E-state index is 0.174. The molecule has 1 heterocycles. The summed E-state index contributed by atoms with van der Waals surface area (Å²) in [6, 6.07) is -0.174. The average molecular weight is 234 g/mol. The zero-order valence-electron chi connectivity index (χ0n) is 9.33. The molecule has 0 aromatic carbocycles. The van der Waals surface area contributed by atoms with Gasteiger partial charge in [0, 0.05) is 6.20 Å². The first-order valence-electron chi connectivity index (χ1n) is 5.33. The zero-order chi connectivity index (χ0) is 12.4. The minimum Gasteiger partial charge on any atom is -0.391 e. The van der Waals surface area contributed by atoms with Crippen molar-refractivity contribution in [1.82, 2.24) is 15.1 Å². The van der Waals surface area contributed by atoms with Crippen LogP contribution in [0.25, 0.3) is 6.20 Å². The van der Waals surface area contributed by atoms with Crippen LogP contribution in [0.15, 0.2) is 17.8 Å². The van der Waals surface area contributed by atoms with Crippen molar-refractivity contribution in [3.05, 3.63) is 18.3 Å². The van der Waals surface area contributed by atoms with Gasteiger partial charge in [-0.2, -0.15) is 5.10 Å². The Morgan fingerprint density at radius 3 is 2.94 bits per heavy atom. The molecule has 0 bridgehead atoms. The molecule has 1 aliphatic rings. The second-order valence-electron chi connectivity index (χ2n) is 3.89. The maximum absolute atomic E-state index is 11.9. The summed E-state index contributed by atoms with van der Waals surface area (Å²) in [5.74, 6) is 0.0514. The third-order valence-corrected chi connectivity index (χ3v) is 2.89. The van der Waals surface area contributed by atoms with E-state index in [1.165, 1.54) is 17.1 Å². The predicted octanol–water partition coefficient (Wildman–Crippen LogP) is 0.569. The first-order valence-corrected chi connectivity index (χ1v) is 5.33. The van der Waals surface area contributed by atoms with Gasteiger partial charge in [-0.15, -0.1) is 0 Å². The standard InChI is InChI=1S/C11H14N4O2/c1-3-15-10(12-2)7(6-13-15)11(17)14-8-4-5-9(8)16/h3,6,8-9,16H,1-2,4-5H2,(H,14,17). The van der Waals surface area contributed by atoms with E-state index in [-0.39, 0.29) is 11.9 Å². The lowest BCUT2D eigenvalue weighted by Gasteiger charge is -2.32. The highest BCUT2D eigenvalue weighted by Crippen LogP contribution is 2.22. The van der Waals surface area contributed by atoms with Gasteiger partial charge in [0.25, 0.3) is 5.91 Å². The fraction of sp³-hybridized carbons (Fsp3) is 0.364. The van der Waals surface area contributed by atoms with Gasteiger partial charge in [-0.25, -0.2) is 9.67 Å². The van der Waals surface area contributed by atoms with Crippen LogP contribution >= 0.6 is 0 Å². The van der Waals surface area contributed by atoms with E-state index in [0.29, 0.717) is 11.4 Å². The van der Waals surface area contributed by atoms with E-state index >= 15 is 0 Å². The van der Waals surface area contributed by atoms with Crippen LogP contribution in [0.2, 0.25) is 0 Å². The Hall–Kier alpha value is -1.95. The van der Waals surface area contributed by atoms with E-state index in [0.717, 1.165) is 12.8 Å². The fourth-order valence-electron chi connectivity index (χ4n) is 1.70. The number of hydrogen-bond donors (Lipinski definition) is 2. The summed E-state index contributed by atoms with van der Waals surface area (Å²) in [7, 11) is 0. The summed E-state index contributed by atoms with van der Waals surface area (Å²) >= 11 is 0. The molecule has 2 atom stereocenters. The van der Waals surface area contributed by atoms with E-state index in [9.17, 15) is 9.90 Å². The molecule has 1 saturated carbocycles. The molecule has 1 amide bonds. The van der Waals surface area contributed by atoms with Gasteiger partial charge in [-0.1, -0.05) is 6.58 Å². The average Bonchev–Trinajstić information content (AvgIpc) is 2.76. The number of aliphatic hydroxyl groups is 1. The van der Waals surface area contributed by atoms with E-state index in [1.807, 2.05) is 0 Å². The lowest BCUT2D eigenvalue weighted by molar-refractivity contribution is 0.0448. The summed E-state index contributed by atoms with van der Waals surface area (Å²) in [5, 5.41) is 16.1. The Bertz CT molecular complexity index is 466. The summed E-state index contributed by atoms with van der Waals surface area (Å²) in [6.45, 7) is 6.95. The van der Waals surface area contributed by atoms with Gasteiger partial charge in [-0.3, -0.25) is 4.79 Å². The number of carbonyl (C=O) groups excluding carboxylic acids is 1. The molecule has 6 heteroatoms. The second-order valence-corrected chi connectivity index (χ2v) is 3.89. The zero-order valence-corrected chi connectivity index (χ0v) is 9.33. The molecule has 90 valence electrons. The predicted molar refractivity (Wildman–Crippen MR) is 64.3 cm³/mol. The molecule has 1 fully saturated rings. The fourth-order valence-corrected chi connectivity index (χ4v) is 1.70. The van der Waals surface area contributed by atoms with Crippen molar-refractivity contribution in [2.75, 3.05) is 0 Å². The Morgan fingerprint density at radius 1 is 1.71 bits per heavy atom. The summed E-state index contributed by atoms with van der Waals surface area (Å²) in [4.78, 5) is 15.7. The van der Waals surface area contributed by atoms with Gasteiger partial charge in [-0.05, 0) is 19.6 Å². The molecular weight excluding hydrogens is 220 g/mol. The molecule has 0 radical (unpaired) electrons. The number of aliphatic imine (C=N–C) groups is 1. The van der Waals surface area contributed by atoms with Crippen molar-refractivity contribution in [3.8, 4) is 0 Å². The van der Waals surface area contributed by atoms with Crippen LogP contribution < -0.4 is 5.32 Å². The molecule has 0 spiro atoms. The Labute approximate surface area is 98.7 Å². The SMILES string of the molecule is C=Cn1ncc(C(=O)NC2CCC2O)c1N=C. The van der Waals surface area contributed by atoms with Crippen molar-refractivity contribution in [2.24, 2.45) is 4.99 Å².